The highest BCUT2D eigenvalue weighted by atomic mass is 32.1. The Kier molecular flexibility index (Phi) is 12.0. The third-order valence-electron chi connectivity index (χ3n) is 18.5. The molecule has 0 spiro atoms. The summed E-state index contributed by atoms with van der Waals surface area (Å²) in [6.45, 7) is 18.8. The van der Waals surface area contributed by atoms with Gasteiger partial charge in [0, 0.05) is 60.2 Å². The van der Waals surface area contributed by atoms with Crippen LogP contribution in [0.4, 0.5) is 51.2 Å². The lowest BCUT2D eigenvalue weighted by molar-refractivity contribution is 0.590. The normalized spacial score (nSPS) is 15.0. The molecule has 0 atom stereocenters. The molecule has 0 fully saturated rings. The van der Waals surface area contributed by atoms with E-state index in [-0.39, 0.29) is 16.2 Å². The van der Waals surface area contributed by atoms with Crippen molar-refractivity contribution < 1.29 is 0 Å². The maximum atomic E-state index is 3.49. The fraction of sp³-hybridized carbons (Fsp3) is 0.165. The molecule has 4 aliphatic rings. The number of allylic oxidation sites excluding steroid dienone is 4. The molecular formula is C79H65BN3S. The highest BCUT2D eigenvalue weighted by Crippen LogP contribution is 2.57. The van der Waals surface area contributed by atoms with Crippen LogP contribution in [-0.2, 0) is 16.2 Å². The summed E-state index contributed by atoms with van der Waals surface area (Å²) in [5.74, 6) is 0. The average Bonchev–Trinajstić information content (AvgIpc) is 2.13. The number of rotatable bonds is 7. The van der Waals surface area contributed by atoms with Crippen LogP contribution >= 0.6 is 11.3 Å². The van der Waals surface area contributed by atoms with E-state index in [1.54, 1.807) is 0 Å². The minimum Gasteiger partial charge on any atom is -0.310 e. The molecule has 0 saturated carbocycles. The first-order chi connectivity index (χ1) is 40.8. The lowest BCUT2D eigenvalue weighted by atomic mass is 9.66. The molecule has 0 amide bonds. The molecule has 11 aromatic rings. The van der Waals surface area contributed by atoms with Gasteiger partial charge in [-0.2, -0.15) is 0 Å². The molecule has 5 heteroatoms. The summed E-state index contributed by atoms with van der Waals surface area (Å²) >= 11 is 1.91. The van der Waals surface area contributed by atoms with E-state index in [1.807, 2.05) is 17.4 Å². The Labute approximate surface area is 500 Å². The van der Waals surface area contributed by atoms with Crippen molar-refractivity contribution in [3.63, 3.8) is 0 Å². The van der Waals surface area contributed by atoms with Crippen molar-refractivity contribution in [2.24, 2.45) is 0 Å². The number of para-hydroxylation sites is 2. The van der Waals surface area contributed by atoms with Crippen LogP contribution < -0.4 is 24.9 Å². The van der Waals surface area contributed by atoms with Gasteiger partial charge in [-0.15, -0.1) is 11.3 Å². The molecule has 1 aliphatic heterocycles. The lowest BCUT2D eigenvalue weighted by Gasteiger charge is -2.37. The fourth-order valence-electron chi connectivity index (χ4n) is 14.2. The van der Waals surface area contributed by atoms with E-state index >= 15 is 0 Å². The van der Waals surface area contributed by atoms with E-state index in [1.165, 1.54) is 87.3 Å². The molecule has 10 aromatic carbocycles. The molecule has 2 bridgehead atoms. The van der Waals surface area contributed by atoms with Gasteiger partial charge in [-0.1, -0.05) is 212 Å². The Bertz CT molecular complexity index is 4530. The number of benzene rings is 9. The number of thiophene rings is 1. The maximum absolute atomic E-state index is 3.49. The third kappa shape index (κ3) is 8.09. The van der Waals surface area contributed by atoms with Crippen molar-refractivity contribution in [2.45, 2.75) is 84.5 Å². The summed E-state index contributed by atoms with van der Waals surface area (Å²) < 4.78 is 2.47. The van der Waals surface area contributed by atoms with Crippen molar-refractivity contribution in [3.8, 4) is 33.4 Å². The van der Waals surface area contributed by atoms with Crippen LogP contribution in [0.15, 0.2) is 224 Å². The second-order valence-electron chi connectivity index (χ2n) is 25.2. The Hall–Kier alpha value is -9.08. The molecule has 405 valence electrons. The number of fused-ring (bicyclic) bond motifs is 12. The first-order valence-electron chi connectivity index (χ1n) is 29.7. The zero-order valence-corrected chi connectivity index (χ0v) is 49.9. The Morgan fingerprint density at radius 3 is 1.92 bits per heavy atom. The van der Waals surface area contributed by atoms with Crippen molar-refractivity contribution >= 4 is 95.7 Å². The molecule has 2 heterocycles. The standard InChI is InChI=1S/C79H65BN3S/c1-50-67-38-24-39-68(50)83(71-40-23-35-64-74(71)59-32-16-20-34-63(59)78(64,5)6)72-47-55(81(69-36-21-17-29-56(69)51-25-11-9-12-26-51)70-37-22-18-30-57(70)52-27-13-10-14-28-52)45-46-66(72)80-76-75(82(67)54-43-41-53(42-44-54)77(2,3)4)61-48-60-58-31-15-19-33-62(58)79(7,8)65(60)49-73(61)84-76/h9,11,13,15-25,27-49H,10,14H2,1-8H3. The van der Waals surface area contributed by atoms with E-state index in [0.29, 0.717) is 0 Å². The van der Waals surface area contributed by atoms with Gasteiger partial charge in [-0.25, -0.2) is 0 Å². The molecular weight excluding hydrogens is 1030 g/mol. The second kappa shape index (κ2) is 19.5. The highest BCUT2D eigenvalue weighted by molar-refractivity contribution is 7.29. The van der Waals surface area contributed by atoms with Gasteiger partial charge in [0.05, 0.1) is 34.1 Å². The predicted octanol–water partition coefficient (Wildman–Crippen LogP) is 20.5. The summed E-state index contributed by atoms with van der Waals surface area (Å²) in [6.07, 6.45) is 9.06. The van der Waals surface area contributed by atoms with Crippen molar-refractivity contribution in [3.05, 3.63) is 276 Å². The number of nitrogens with zero attached hydrogens (tertiary/aromatic N) is 3. The van der Waals surface area contributed by atoms with Gasteiger partial charge in [0.1, 0.15) is 0 Å². The minimum atomic E-state index is -0.220. The number of hydrogen-bond acceptors (Lipinski definition) is 4. The zero-order valence-electron chi connectivity index (χ0n) is 49.1. The monoisotopic (exact) mass is 1100 g/mol. The summed E-state index contributed by atoms with van der Waals surface area (Å²) in [5, 5.41) is 1.25. The molecule has 1 radical (unpaired) electrons. The van der Waals surface area contributed by atoms with Gasteiger partial charge >= 0.3 is 0 Å². The van der Waals surface area contributed by atoms with Crippen LogP contribution in [0.3, 0.4) is 0 Å². The van der Waals surface area contributed by atoms with E-state index in [9.17, 15) is 0 Å². The molecule has 84 heavy (non-hydrogen) atoms. The molecule has 0 unspecified atom stereocenters. The van der Waals surface area contributed by atoms with Crippen LogP contribution in [0.5, 0.6) is 0 Å². The van der Waals surface area contributed by atoms with Crippen molar-refractivity contribution in [1.29, 1.82) is 0 Å². The molecule has 3 aliphatic carbocycles. The van der Waals surface area contributed by atoms with Crippen LogP contribution in [0.25, 0.3) is 49.0 Å². The minimum absolute atomic E-state index is 0.0104. The van der Waals surface area contributed by atoms with E-state index in [2.05, 4.69) is 308 Å². The Morgan fingerprint density at radius 1 is 0.548 bits per heavy atom. The fourth-order valence-corrected chi connectivity index (χ4v) is 15.4. The van der Waals surface area contributed by atoms with Crippen LogP contribution in [0.1, 0.15) is 100 Å². The first-order valence-corrected chi connectivity index (χ1v) is 30.5. The van der Waals surface area contributed by atoms with E-state index in [4.69, 9.17) is 0 Å². The average molecular weight is 1100 g/mol. The predicted molar refractivity (Wildman–Crippen MR) is 359 cm³/mol. The molecule has 0 saturated heterocycles. The Balaban J connectivity index is 1.05. The van der Waals surface area contributed by atoms with Gasteiger partial charge in [-0.05, 0) is 164 Å². The molecule has 0 N–H and O–H groups in total. The van der Waals surface area contributed by atoms with E-state index in [0.717, 1.165) is 74.9 Å². The maximum Gasteiger partial charge on any atom is 0.210 e. The number of hydrogen-bond donors (Lipinski definition) is 0. The largest absolute Gasteiger partial charge is 0.310 e. The smallest absolute Gasteiger partial charge is 0.210 e. The van der Waals surface area contributed by atoms with E-state index < -0.39 is 0 Å². The lowest BCUT2D eigenvalue weighted by Crippen LogP contribution is -2.34. The summed E-state index contributed by atoms with van der Waals surface area (Å²) in [6, 6.07) is 84.5. The molecule has 3 nitrogen and oxygen atoms in total. The van der Waals surface area contributed by atoms with Crippen LogP contribution in [0.2, 0.25) is 0 Å². The van der Waals surface area contributed by atoms with Crippen LogP contribution in [-0.4, -0.2) is 7.28 Å². The van der Waals surface area contributed by atoms with Gasteiger partial charge in [0.25, 0.3) is 0 Å². The quantitative estimate of drug-likeness (QED) is 0.147. The Morgan fingerprint density at radius 2 is 1.19 bits per heavy atom. The van der Waals surface area contributed by atoms with Crippen molar-refractivity contribution in [1.82, 2.24) is 0 Å². The van der Waals surface area contributed by atoms with Gasteiger partial charge in [0.15, 0.2) is 0 Å². The highest BCUT2D eigenvalue weighted by Gasteiger charge is 2.41. The van der Waals surface area contributed by atoms with Gasteiger partial charge in [-0.3, -0.25) is 0 Å². The summed E-state index contributed by atoms with van der Waals surface area (Å²) in [5.41, 5.74) is 28.3. The molecule has 15 rings (SSSR count). The SMILES string of the molecule is Cc1c2cccc1N(c1ccc(C(C)(C)C)cc1)c1c(sc3cc4c(cc13)-c1ccccc1C4(C)C)[B]c1ccc(N(c3ccccc3C3=CCCC=C3)c3ccccc3-c3c#cccc3)cc1N2c1cccc2c1-c1ccccc1C2(C)C. The zero-order chi connectivity index (χ0) is 57.2. The number of anilines is 9. The van der Waals surface area contributed by atoms with Crippen molar-refractivity contribution in [2.75, 3.05) is 14.7 Å². The summed E-state index contributed by atoms with van der Waals surface area (Å²) in [7, 11) is 2.51. The topological polar surface area (TPSA) is 9.72 Å². The first kappa shape index (κ1) is 51.8. The summed E-state index contributed by atoms with van der Waals surface area (Å²) in [4.78, 5) is 7.70. The van der Waals surface area contributed by atoms with Gasteiger partial charge < -0.3 is 14.7 Å². The second-order valence-corrected chi connectivity index (χ2v) is 26.3. The van der Waals surface area contributed by atoms with Gasteiger partial charge in [0.2, 0.25) is 7.28 Å². The third-order valence-corrected chi connectivity index (χ3v) is 19.6. The van der Waals surface area contributed by atoms with Crippen LogP contribution in [0, 0.1) is 19.1 Å². The molecule has 1 aromatic heterocycles.